The molecule has 0 bridgehead atoms. The zero-order valence-corrected chi connectivity index (χ0v) is 8.32. The zero-order valence-electron chi connectivity index (χ0n) is 4.61. The molecule has 0 spiro atoms. The summed E-state index contributed by atoms with van der Waals surface area (Å²) in [4.78, 5) is 24.0. The first-order chi connectivity index (χ1) is 2.00. The van der Waals surface area contributed by atoms with Crippen LogP contribution in [-0.4, -0.2) is 15.3 Å². The van der Waals surface area contributed by atoms with Crippen LogP contribution in [0.25, 0.3) is 0 Å². The molecule has 0 aliphatic carbocycles. The summed E-state index contributed by atoms with van der Waals surface area (Å²) in [6.07, 6.45) is 0. The molecule has 0 fully saturated rings. The number of hydrogen-bond donors (Lipinski definition) is 3. The van der Waals surface area contributed by atoms with Crippen molar-refractivity contribution < 1.29 is 49.7 Å². The molecule has 0 unspecified atom stereocenters. The van der Waals surface area contributed by atoms with Crippen LogP contribution in [0.3, 0.4) is 0 Å². The molecule has 48 valence electrons. The largest absolute Gasteiger partial charge is 1.00 e. The van der Waals surface area contributed by atoms with Crippen LogP contribution in [0.2, 0.25) is 0 Å². The Bertz CT molecular complexity index is 62.2. The predicted molar refractivity (Wildman–Crippen MR) is 26.6 cm³/mol. The third-order valence-corrected chi connectivity index (χ3v) is 0. The van der Waals surface area contributed by atoms with Gasteiger partial charge >= 0.3 is 29.6 Å². The summed E-state index contributed by atoms with van der Waals surface area (Å²) < 4.78 is 0. The molecular weight excluding hydrogens is 164 g/mol. The normalized spacial score (nSPS) is 7.38. The first kappa shape index (κ1) is 22.7. The van der Waals surface area contributed by atoms with Gasteiger partial charge in [-0.1, -0.05) is 11.8 Å². The third kappa shape index (κ3) is 147. The SMILES string of the molecule is [NH4+].[Na+].[O-]P(O)(O)=S.[OH-]. The monoisotopic (exact) mass is 171 g/mol. The fraction of sp³-hybridized carbons (Fsp3) is 0. The minimum Gasteiger partial charge on any atom is -0.870 e. The van der Waals surface area contributed by atoms with Gasteiger partial charge in [0.25, 0.3) is 0 Å². The molecule has 0 aliphatic rings. The Morgan fingerprint density at radius 1 is 1.38 bits per heavy atom. The van der Waals surface area contributed by atoms with Crippen LogP contribution in [0.4, 0.5) is 0 Å². The van der Waals surface area contributed by atoms with Crippen molar-refractivity contribution in [1.82, 2.24) is 6.15 Å². The van der Waals surface area contributed by atoms with Gasteiger partial charge in [0.05, 0.1) is 0 Å². The van der Waals surface area contributed by atoms with E-state index in [-0.39, 0.29) is 41.2 Å². The molecule has 5 nitrogen and oxygen atoms in total. The van der Waals surface area contributed by atoms with E-state index in [1.807, 2.05) is 0 Å². The van der Waals surface area contributed by atoms with Crippen LogP contribution in [0.5, 0.6) is 0 Å². The topological polar surface area (TPSA) is 130 Å². The van der Waals surface area contributed by atoms with Crippen molar-refractivity contribution in [3.8, 4) is 0 Å². The molecule has 0 saturated heterocycles. The molecule has 0 aliphatic heterocycles. The van der Waals surface area contributed by atoms with Crippen molar-refractivity contribution >= 4 is 18.5 Å². The molecular formula is H7NNaO4PS. The van der Waals surface area contributed by atoms with Crippen LogP contribution in [0, 0.1) is 0 Å². The van der Waals surface area contributed by atoms with Gasteiger partial charge in [-0.2, -0.15) is 0 Å². The molecule has 0 atom stereocenters. The van der Waals surface area contributed by atoms with E-state index in [4.69, 9.17) is 14.7 Å². The number of quaternary nitrogens is 1. The maximum atomic E-state index is 9.14. The molecule has 0 aromatic rings. The summed E-state index contributed by atoms with van der Waals surface area (Å²) in [5.74, 6) is 0. The van der Waals surface area contributed by atoms with Gasteiger partial charge in [-0.15, -0.1) is 0 Å². The van der Waals surface area contributed by atoms with Crippen LogP contribution in [0.15, 0.2) is 0 Å². The maximum absolute atomic E-state index is 9.14. The van der Waals surface area contributed by atoms with E-state index in [9.17, 15) is 0 Å². The third-order valence-electron chi connectivity index (χ3n) is 0. The van der Waals surface area contributed by atoms with Gasteiger partial charge in [0.1, 0.15) is 6.72 Å². The van der Waals surface area contributed by atoms with Gasteiger partial charge in [-0.25, -0.2) is 0 Å². The standard InChI is InChI=1S/H3N.Na.H3O3PS.H2O/c;;1-4(2,3)5;/h1H3;;(H3,1,2,3,5);1H2/q;+1;;/p-1. The Hall–Kier alpha value is 1.45. The van der Waals surface area contributed by atoms with E-state index in [0.717, 1.165) is 0 Å². The minimum atomic E-state index is -4.06. The van der Waals surface area contributed by atoms with Crippen LogP contribution in [0.1, 0.15) is 0 Å². The van der Waals surface area contributed by atoms with Crippen molar-refractivity contribution in [2.75, 3.05) is 0 Å². The van der Waals surface area contributed by atoms with E-state index in [2.05, 4.69) is 11.8 Å². The zero-order chi connectivity index (χ0) is 4.50. The first-order valence-corrected chi connectivity index (χ1v) is 3.39. The van der Waals surface area contributed by atoms with Crippen molar-refractivity contribution in [3.63, 3.8) is 0 Å². The second-order valence-electron chi connectivity index (χ2n) is 0.491. The average molecular weight is 171 g/mol. The van der Waals surface area contributed by atoms with Crippen LogP contribution in [-0.2, 0) is 11.8 Å². The average Bonchev–Trinajstić information content (AvgIpc) is 0.722. The first-order valence-electron chi connectivity index (χ1n) is 0.765. The van der Waals surface area contributed by atoms with Gasteiger partial charge in [0.2, 0.25) is 0 Å². The van der Waals surface area contributed by atoms with Gasteiger partial charge < -0.3 is 26.3 Å². The Morgan fingerprint density at radius 3 is 1.38 bits per heavy atom. The molecule has 0 rings (SSSR count). The van der Waals surface area contributed by atoms with Crippen molar-refractivity contribution in [1.29, 1.82) is 0 Å². The second-order valence-corrected chi connectivity index (χ2v) is 2.90. The Morgan fingerprint density at radius 2 is 1.38 bits per heavy atom. The van der Waals surface area contributed by atoms with E-state index in [1.54, 1.807) is 0 Å². The molecule has 0 aromatic heterocycles. The molecule has 8 heteroatoms. The summed E-state index contributed by atoms with van der Waals surface area (Å²) in [6.45, 7) is -4.06. The number of hydrogen-bond acceptors (Lipinski definition) is 3. The van der Waals surface area contributed by atoms with Gasteiger partial charge in [-0.05, 0) is 0 Å². The summed E-state index contributed by atoms with van der Waals surface area (Å²) in [6, 6.07) is 0. The molecule has 0 aromatic carbocycles. The minimum absolute atomic E-state index is 0. The molecule has 0 amide bonds. The molecule has 8 heavy (non-hydrogen) atoms. The van der Waals surface area contributed by atoms with E-state index >= 15 is 0 Å². The predicted octanol–water partition coefficient (Wildman–Crippen LogP) is -4.24. The smallest absolute Gasteiger partial charge is 0.870 e. The van der Waals surface area contributed by atoms with Gasteiger partial charge in [0, 0.05) is 0 Å². The quantitative estimate of drug-likeness (QED) is 0.251. The van der Waals surface area contributed by atoms with Gasteiger partial charge in [-0.3, -0.25) is 0 Å². The summed E-state index contributed by atoms with van der Waals surface area (Å²) >= 11 is 3.49. The second kappa shape index (κ2) is 8.45. The van der Waals surface area contributed by atoms with Crippen molar-refractivity contribution in [2.24, 2.45) is 0 Å². The molecule has 0 heterocycles. The summed E-state index contributed by atoms with van der Waals surface area (Å²) in [5, 5.41) is 0. The van der Waals surface area contributed by atoms with E-state index in [0.29, 0.717) is 0 Å². The Labute approximate surface area is 74.2 Å². The Balaban J connectivity index is -0.0000000267. The molecule has 7 N–H and O–H groups in total. The van der Waals surface area contributed by atoms with Crippen molar-refractivity contribution in [3.05, 3.63) is 0 Å². The number of rotatable bonds is 0. The fourth-order valence-electron chi connectivity index (χ4n) is 0. The maximum Gasteiger partial charge on any atom is 1.00 e. The van der Waals surface area contributed by atoms with Crippen LogP contribution >= 0.6 is 6.72 Å². The van der Waals surface area contributed by atoms with Crippen LogP contribution < -0.4 is 40.6 Å². The molecule has 0 radical (unpaired) electrons. The fourth-order valence-corrected chi connectivity index (χ4v) is 0. The van der Waals surface area contributed by atoms with E-state index in [1.165, 1.54) is 0 Å². The van der Waals surface area contributed by atoms with Gasteiger partial charge in [0.15, 0.2) is 0 Å². The summed E-state index contributed by atoms with van der Waals surface area (Å²) in [5.41, 5.74) is 0. The molecule has 0 saturated carbocycles. The van der Waals surface area contributed by atoms with Crippen molar-refractivity contribution in [2.45, 2.75) is 0 Å². The van der Waals surface area contributed by atoms with E-state index < -0.39 is 6.72 Å². The Kier molecular flexibility index (Phi) is 24.0. The summed E-state index contributed by atoms with van der Waals surface area (Å²) in [7, 11) is 0.